The van der Waals surface area contributed by atoms with Gasteiger partial charge in [0.25, 0.3) is 0 Å². The van der Waals surface area contributed by atoms with Gasteiger partial charge < -0.3 is 0 Å². The Labute approximate surface area is 102 Å². The number of rotatable bonds is 1. The van der Waals surface area contributed by atoms with Crippen molar-refractivity contribution in [3.05, 3.63) is 59.1 Å². The van der Waals surface area contributed by atoms with E-state index in [-0.39, 0.29) is 5.56 Å². The van der Waals surface area contributed by atoms with Crippen LogP contribution in [-0.2, 0) is 6.18 Å². The SMILES string of the molecule is FC(F)(F)c1ccccc1-c1c[c]c(Cl)cc1. The average Bonchev–Trinajstić information content (AvgIpc) is 2.29. The van der Waals surface area contributed by atoms with Crippen molar-refractivity contribution in [3.8, 4) is 11.1 Å². The highest BCUT2D eigenvalue weighted by Crippen LogP contribution is 2.36. The van der Waals surface area contributed by atoms with Crippen LogP contribution in [0.3, 0.4) is 0 Å². The molecule has 1 radical (unpaired) electrons. The predicted molar refractivity (Wildman–Crippen MR) is 60.7 cm³/mol. The Bertz CT molecular complexity index is 515. The first-order valence-corrected chi connectivity index (χ1v) is 5.20. The Balaban J connectivity index is 2.56. The molecule has 0 saturated heterocycles. The number of hydrogen-bond acceptors (Lipinski definition) is 0. The van der Waals surface area contributed by atoms with E-state index in [4.69, 9.17) is 11.6 Å². The van der Waals surface area contributed by atoms with Crippen LogP contribution in [0.1, 0.15) is 5.56 Å². The van der Waals surface area contributed by atoms with E-state index in [1.165, 1.54) is 24.3 Å². The fraction of sp³-hybridized carbons (Fsp3) is 0.0769. The number of halogens is 4. The summed E-state index contributed by atoms with van der Waals surface area (Å²) in [6.45, 7) is 0. The van der Waals surface area contributed by atoms with Crippen LogP contribution in [0, 0.1) is 6.07 Å². The second kappa shape index (κ2) is 4.41. The summed E-state index contributed by atoms with van der Waals surface area (Å²) in [7, 11) is 0. The topological polar surface area (TPSA) is 0 Å². The summed E-state index contributed by atoms with van der Waals surface area (Å²) in [4.78, 5) is 0. The van der Waals surface area contributed by atoms with Gasteiger partial charge in [0.1, 0.15) is 0 Å². The second-order valence-electron chi connectivity index (χ2n) is 3.47. The highest BCUT2D eigenvalue weighted by Gasteiger charge is 2.33. The summed E-state index contributed by atoms with van der Waals surface area (Å²) in [6.07, 6.45) is -4.36. The Morgan fingerprint density at radius 3 is 2.29 bits per heavy atom. The third-order valence-corrected chi connectivity index (χ3v) is 2.55. The van der Waals surface area contributed by atoms with E-state index in [1.54, 1.807) is 12.1 Å². The van der Waals surface area contributed by atoms with E-state index < -0.39 is 11.7 Å². The first kappa shape index (κ1) is 12.0. The van der Waals surface area contributed by atoms with Crippen LogP contribution >= 0.6 is 11.6 Å². The molecule has 0 bridgehead atoms. The maximum Gasteiger partial charge on any atom is 0.417 e. The van der Waals surface area contributed by atoms with Gasteiger partial charge in [-0.3, -0.25) is 0 Å². The van der Waals surface area contributed by atoms with Gasteiger partial charge >= 0.3 is 6.18 Å². The minimum Gasteiger partial charge on any atom is -0.166 e. The van der Waals surface area contributed by atoms with E-state index >= 15 is 0 Å². The van der Waals surface area contributed by atoms with Crippen molar-refractivity contribution >= 4 is 11.6 Å². The summed E-state index contributed by atoms with van der Waals surface area (Å²) >= 11 is 5.65. The highest BCUT2D eigenvalue weighted by molar-refractivity contribution is 6.30. The molecule has 0 saturated carbocycles. The molecule has 0 fully saturated rings. The van der Waals surface area contributed by atoms with Gasteiger partial charge in [0, 0.05) is 11.1 Å². The molecule has 0 nitrogen and oxygen atoms in total. The molecule has 0 amide bonds. The summed E-state index contributed by atoms with van der Waals surface area (Å²) < 4.78 is 38.3. The van der Waals surface area contributed by atoms with Gasteiger partial charge in [-0.05, 0) is 29.3 Å². The van der Waals surface area contributed by atoms with Crippen LogP contribution in [0.2, 0.25) is 5.02 Å². The summed E-state index contributed by atoms with van der Waals surface area (Å²) in [5.74, 6) is 0. The third-order valence-electron chi connectivity index (χ3n) is 2.32. The van der Waals surface area contributed by atoms with Crippen LogP contribution < -0.4 is 0 Å². The number of hydrogen-bond donors (Lipinski definition) is 0. The zero-order chi connectivity index (χ0) is 12.5. The molecule has 0 aliphatic heterocycles. The lowest BCUT2D eigenvalue weighted by Gasteiger charge is -2.12. The Morgan fingerprint density at radius 1 is 1.00 bits per heavy atom. The molecule has 4 heteroatoms. The first-order chi connectivity index (χ1) is 7.98. The molecule has 2 aromatic rings. The highest BCUT2D eigenvalue weighted by atomic mass is 35.5. The molecule has 0 aromatic heterocycles. The fourth-order valence-electron chi connectivity index (χ4n) is 1.56. The first-order valence-electron chi connectivity index (χ1n) is 4.82. The van der Waals surface area contributed by atoms with Crippen molar-refractivity contribution in [2.45, 2.75) is 6.18 Å². The summed E-state index contributed by atoms with van der Waals surface area (Å²) in [6, 6.07) is 12.6. The number of alkyl halides is 3. The summed E-state index contributed by atoms with van der Waals surface area (Å²) in [5.41, 5.74) is -0.0778. The van der Waals surface area contributed by atoms with Gasteiger partial charge in [-0.1, -0.05) is 35.9 Å². The van der Waals surface area contributed by atoms with Crippen LogP contribution in [0.5, 0.6) is 0 Å². The van der Waals surface area contributed by atoms with Gasteiger partial charge in [0.15, 0.2) is 0 Å². The van der Waals surface area contributed by atoms with Crippen molar-refractivity contribution < 1.29 is 13.2 Å². The maximum absolute atomic E-state index is 12.8. The molecule has 0 heterocycles. The van der Waals surface area contributed by atoms with Crippen LogP contribution in [0.4, 0.5) is 13.2 Å². The lowest BCUT2D eigenvalue weighted by molar-refractivity contribution is -0.137. The lowest BCUT2D eigenvalue weighted by atomic mass is 9.99. The normalized spacial score (nSPS) is 11.5. The molecule has 0 N–H and O–H groups in total. The molecule has 0 unspecified atom stereocenters. The lowest BCUT2D eigenvalue weighted by Crippen LogP contribution is -2.06. The monoisotopic (exact) mass is 255 g/mol. The van der Waals surface area contributed by atoms with E-state index in [9.17, 15) is 13.2 Å². The van der Waals surface area contributed by atoms with Gasteiger partial charge in [-0.2, -0.15) is 13.2 Å². The second-order valence-corrected chi connectivity index (χ2v) is 3.88. The van der Waals surface area contributed by atoms with Gasteiger partial charge in [0.2, 0.25) is 0 Å². The standard InChI is InChI=1S/C13H7ClF3/c14-10-7-5-9(6-8-10)11-3-1-2-4-12(11)13(15,16)17/h1-7H. The molecule has 87 valence electrons. The van der Waals surface area contributed by atoms with Gasteiger partial charge in [-0.15, -0.1) is 0 Å². The van der Waals surface area contributed by atoms with Crippen LogP contribution in [-0.4, -0.2) is 0 Å². The molecular formula is C13H7ClF3. The molecule has 0 atom stereocenters. The smallest absolute Gasteiger partial charge is 0.166 e. The number of benzene rings is 2. The van der Waals surface area contributed by atoms with Crippen molar-refractivity contribution in [1.29, 1.82) is 0 Å². The zero-order valence-corrected chi connectivity index (χ0v) is 9.31. The maximum atomic E-state index is 12.8. The quantitative estimate of drug-likeness (QED) is 0.685. The zero-order valence-electron chi connectivity index (χ0n) is 8.55. The van der Waals surface area contributed by atoms with Gasteiger partial charge in [0.05, 0.1) is 5.56 Å². The largest absolute Gasteiger partial charge is 0.417 e. The van der Waals surface area contributed by atoms with E-state index in [0.717, 1.165) is 6.07 Å². The predicted octanol–water partition coefficient (Wildman–Crippen LogP) is 4.83. The molecule has 2 aromatic carbocycles. The van der Waals surface area contributed by atoms with Crippen LogP contribution in [0.15, 0.2) is 42.5 Å². The van der Waals surface area contributed by atoms with E-state index in [0.29, 0.717) is 10.6 Å². The molecule has 0 aliphatic carbocycles. The molecule has 0 spiro atoms. The molecule has 17 heavy (non-hydrogen) atoms. The van der Waals surface area contributed by atoms with Crippen molar-refractivity contribution in [3.63, 3.8) is 0 Å². The van der Waals surface area contributed by atoms with E-state index in [2.05, 4.69) is 6.07 Å². The van der Waals surface area contributed by atoms with Crippen molar-refractivity contribution in [2.75, 3.05) is 0 Å². The van der Waals surface area contributed by atoms with Crippen molar-refractivity contribution in [2.24, 2.45) is 0 Å². The van der Waals surface area contributed by atoms with Gasteiger partial charge in [-0.25, -0.2) is 0 Å². The molecular weight excluding hydrogens is 249 g/mol. The minimum atomic E-state index is -4.36. The fourth-order valence-corrected chi connectivity index (χ4v) is 1.67. The van der Waals surface area contributed by atoms with Crippen LogP contribution in [0.25, 0.3) is 11.1 Å². The summed E-state index contributed by atoms with van der Waals surface area (Å²) in [5, 5.41) is 0.373. The third kappa shape index (κ3) is 2.61. The minimum absolute atomic E-state index is 0.132. The van der Waals surface area contributed by atoms with Crippen molar-refractivity contribution in [1.82, 2.24) is 0 Å². The Hall–Kier alpha value is -1.48. The molecule has 2 rings (SSSR count). The Kier molecular flexibility index (Phi) is 3.11. The van der Waals surface area contributed by atoms with E-state index in [1.807, 2.05) is 0 Å². The molecule has 0 aliphatic rings. The Morgan fingerprint density at radius 2 is 1.71 bits per heavy atom. The average molecular weight is 256 g/mol.